The van der Waals surface area contributed by atoms with E-state index in [1.807, 2.05) is 24.0 Å². The van der Waals surface area contributed by atoms with Gasteiger partial charge in [-0.15, -0.1) is 0 Å². The van der Waals surface area contributed by atoms with Crippen LogP contribution in [0.1, 0.15) is 37.7 Å². The molecule has 4 N–H and O–H groups in total. The predicted molar refractivity (Wildman–Crippen MR) is 92.7 cm³/mol. The fraction of sp³-hybridized carbons (Fsp3) is 0.467. The van der Waals surface area contributed by atoms with Gasteiger partial charge in [0.05, 0.1) is 15.7 Å². The minimum Gasteiger partial charge on any atom is -0.369 e. The van der Waals surface area contributed by atoms with Crippen molar-refractivity contribution in [3.05, 3.63) is 27.7 Å². The third-order valence-electron chi connectivity index (χ3n) is 4.34. The highest BCUT2D eigenvalue weighted by Gasteiger charge is 2.44. The second-order valence-corrected chi connectivity index (χ2v) is 6.63. The van der Waals surface area contributed by atoms with E-state index >= 15 is 0 Å². The lowest BCUT2D eigenvalue weighted by atomic mass is 9.87. The number of guanidine groups is 2. The molecule has 0 saturated heterocycles. The average molecular weight is 340 g/mol. The molecule has 22 heavy (non-hydrogen) atoms. The van der Waals surface area contributed by atoms with Gasteiger partial charge in [-0.1, -0.05) is 35.7 Å². The summed E-state index contributed by atoms with van der Waals surface area (Å²) in [6.45, 7) is 1.94. The monoisotopic (exact) mass is 339 g/mol. The summed E-state index contributed by atoms with van der Waals surface area (Å²) in [5, 5.41) is 1.11. The molecule has 1 aromatic carbocycles. The van der Waals surface area contributed by atoms with Crippen LogP contribution in [-0.4, -0.2) is 17.6 Å². The van der Waals surface area contributed by atoms with Gasteiger partial charge >= 0.3 is 0 Å². The minimum atomic E-state index is -0.532. The van der Waals surface area contributed by atoms with Gasteiger partial charge in [-0.3, -0.25) is 4.90 Å². The molecule has 0 aromatic heterocycles. The largest absolute Gasteiger partial charge is 0.369 e. The molecule has 0 atom stereocenters. The van der Waals surface area contributed by atoms with Gasteiger partial charge in [-0.05, 0) is 44.2 Å². The van der Waals surface area contributed by atoms with Gasteiger partial charge in [0, 0.05) is 0 Å². The Labute approximate surface area is 140 Å². The molecule has 0 amide bonds. The Morgan fingerprint density at radius 3 is 2.50 bits per heavy atom. The maximum absolute atomic E-state index is 6.52. The molecule has 1 spiro atoms. The van der Waals surface area contributed by atoms with Crippen molar-refractivity contribution in [2.45, 2.75) is 44.7 Å². The molecule has 1 aliphatic heterocycles. The second kappa shape index (κ2) is 5.63. The van der Waals surface area contributed by atoms with E-state index in [4.69, 9.17) is 34.7 Å². The average Bonchev–Trinajstić information content (AvgIpc) is 2.47. The van der Waals surface area contributed by atoms with Gasteiger partial charge in [0.2, 0.25) is 11.9 Å². The highest BCUT2D eigenvalue weighted by atomic mass is 35.5. The highest BCUT2D eigenvalue weighted by molar-refractivity contribution is 6.40. The fourth-order valence-electron chi connectivity index (χ4n) is 3.29. The van der Waals surface area contributed by atoms with E-state index in [-0.39, 0.29) is 5.96 Å². The maximum atomic E-state index is 6.52. The smallest absolute Gasteiger partial charge is 0.220 e. The molecule has 0 bridgehead atoms. The van der Waals surface area contributed by atoms with Crippen molar-refractivity contribution in [2.24, 2.45) is 21.5 Å². The van der Waals surface area contributed by atoms with Crippen LogP contribution in [0.5, 0.6) is 0 Å². The minimum absolute atomic E-state index is 0.218. The number of rotatable bonds is 1. The van der Waals surface area contributed by atoms with Crippen LogP contribution in [-0.2, 0) is 0 Å². The molecular weight excluding hydrogens is 321 g/mol. The second-order valence-electron chi connectivity index (χ2n) is 5.85. The van der Waals surface area contributed by atoms with E-state index in [0.29, 0.717) is 21.7 Å². The Morgan fingerprint density at radius 2 is 1.82 bits per heavy atom. The van der Waals surface area contributed by atoms with E-state index in [2.05, 4.69) is 9.98 Å². The van der Waals surface area contributed by atoms with Crippen LogP contribution in [0.4, 0.5) is 5.69 Å². The molecule has 3 rings (SSSR count). The zero-order valence-electron chi connectivity index (χ0n) is 12.4. The summed E-state index contributed by atoms with van der Waals surface area (Å²) in [6.07, 6.45) is 5.00. The summed E-state index contributed by atoms with van der Waals surface area (Å²) in [7, 11) is 0. The summed E-state index contributed by atoms with van der Waals surface area (Å²) < 4.78 is 0. The Morgan fingerprint density at radius 1 is 1.14 bits per heavy atom. The summed E-state index contributed by atoms with van der Waals surface area (Å²) in [4.78, 5) is 10.6. The standard InChI is InChI=1S/C15H19Cl2N5/c1-9-5-6-10(16)12(11(9)17)22-14(19)20-13(18)21-15(22)7-3-2-4-8-15/h5-6H,2-4,7-8H2,1H3,(H4,18,19,20,21). The number of hydrogen-bond donors (Lipinski definition) is 2. The van der Waals surface area contributed by atoms with Crippen LogP contribution in [0, 0.1) is 6.92 Å². The fourth-order valence-corrected chi connectivity index (χ4v) is 3.83. The number of nitrogens with zero attached hydrogens (tertiary/aromatic N) is 3. The number of anilines is 1. The van der Waals surface area contributed by atoms with Crippen LogP contribution in [0.25, 0.3) is 0 Å². The molecule has 118 valence electrons. The Hall–Kier alpha value is -1.46. The lowest BCUT2D eigenvalue weighted by Gasteiger charge is -2.46. The molecule has 7 heteroatoms. The molecule has 2 aliphatic rings. The number of benzene rings is 1. The molecular formula is C15H19Cl2N5. The van der Waals surface area contributed by atoms with Crippen LogP contribution >= 0.6 is 23.2 Å². The maximum Gasteiger partial charge on any atom is 0.220 e. The molecule has 5 nitrogen and oxygen atoms in total. The Kier molecular flexibility index (Phi) is 3.95. The van der Waals surface area contributed by atoms with E-state index in [9.17, 15) is 0 Å². The molecule has 1 aliphatic carbocycles. The Bertz CT molecular complexity index is 662. The van der Waals surface area contributed by atoms with Crippen LogP contribution in [0.15, 0.2) is 22.1 Å². The first-order valence-corrected chi connectivity index (χ1v) is 8.14. The van der Waals surface area contributed by atoms with Crippen molar-refractivity contribution >= 4 is 40.8 Å². The molecule has 1 fully saturated rings. The Balaban J connectivity index is 2.19. The van der Waals surface area contributed by atoms with Crippen molar-refractivity contribution < 1.29 is 0 Å². The van der Waals surface area contributed by atoms with Crippen LogP contribution < -0.4 is 16.4 Å². The number of nitrogens with two attached hydrogens (primary N) is 2. The molecule has 1 aromatic rings. The van der Waals surface area contributed by atoms with Gasteiger partial charge in [0.15, 0.2) is 0 Å². The summed E-state index contributed by atoms with van der Waals surface area (Å²) >= 11 is 12.9. The zero-order valence-corrected chi connectivity index (χ0v) is 14.0. The van der Waals surface area contributed by atoms with Gasteiger partial charge in [-0.25, -0.2) is 4.99 Å². The molecule has 0 radical (unpaired) electrons. The van der Waals surface area contributed by atoms with Crippen molar-refractivity contribution in [1.29, 1.82) is 0 Å². The van der Waals surface area contributed by atoms with E-state index in [0.717, 1.165) is 31.2 Å². The van der Waals surface area contributed by atoms with Gasteiger partial charge in [-0.2, -0.15) is 4.99 Å². The number of aliphatic imine (C=N–C) groups is 2. The lowest BCUT2D eigenvalue weighted by Crippen LogP contribution is -2.58. The first-order valence-electron chi connectivity index (χ1n) is 7.39. The van der Waals surface area contributed by atoms with Crippen molar-refractivity contribution in [3.63, 3.8) is 0 Å². The SMILES string of the molecule is Cc1ccc(Cl)c(N2C(N)=NC(N)=NC23CCCCC3)c1Cl. The van der Waals surface area contributed by atoms with Crippen molar-refractivity contribution in [3.8, 4) is 0 Å². The van der Waals surface area contributed by atoms with E-state index in [1.165, 1.54) is 6.42 Å². The predicted octanol–water partition coefficient (Wildman–Crippen LogP) is 3.41. The zero-order chi connectivity index (χ0) is 15.9. The van der Waals surface area contributed by atoms with E-state index in [1.54, 1.807) is 0 Å². The number of aryl methyl sites for hydroxylation is 1. The summed E-state index contributed by atoms with van der Waals surface area (Å²) in [5.74, 6) is 0.513. The van der Waals surface area contributed by atoms with Gasteiger partial charge in [0.25, 0.3) is 0 Å². The molecule has 0 unspecified atom stereocenters. The van der Waals surface area contributed by atoms with Crippen LogP contribution in [0.2, 0.25) is 10.0 Å². The molecule has 1 saturated carbocycles. The normalized spacial score (nSPS) is 20.8. The molecule has 1 heterocycles. The quantitative estimate of drug-likeness (QED) is 0.822. The third kappa shape index (κ3) is 2.42. The number of halogens is 2. The third-order valence-corrected chi connectivity index (χ3v) is 5.12. The number of hydrogen-bond acceptors (Lipinski definition) is 5. The first kappa shape index (κ1) is 15.4. The summed E-state index contributed by atoms with van der Waals surface area (Å²) in [6, 6.07) is 3.71. The van der Waals surface area contributed by atoms with Crippen molar-refractivity contribution in [2.75, 3.05) is 4.90 Å². The lowest BCUT2D eigenvalue weighted by molar-refractivity contribution is 0.305. The highest BCUT2D eigenvalue weighted by Crippen LogP contribution is 2.45. The van der Waals surface area contributed by atoms with Crippen LogP contribution in [0.3, 0.4) is 0 Å². The van der Waals surface area contributed by atoms with Crippen molar-refractivity contribution in [1.82, 2.24) is 0 Å². The van der Waals surface area contributed by atoms with Gasteiger partial charge in [0.1, 0.15) is 5.66 Å². The summed E-state index contributed by atoms with van der Waals surface area (Å²) in [5.41, 5.74) is 13.1. The first-order chi connectivity index (χ1) is 10.4. The van der Waals surface area contributed by atoms with E-state index < -0.39 is 5.66 Å². The van der Waals surface area contributed by atoms with Gasteiger partial charge < -0.3 is 11.5 Å². The topological polar surface area (TPSA) is 80.0 Å².